The van der Waals surface area contributed by atoms with Crippen molar-refractivity contribution in [3.63, 3.8) is 0 Å². The van der Waals surface area contributed by atoms with E-state index in [2.05, 4.69) is 16.7 Å². The molecule has 1 heterocycles. The maximum absolute atomic E-state index is 12.0. The van der Waals surface area contributed by atoms with Crippen LogP contribution in [0.3, 0.4) is 0 Å². The summed E-state index contributed by atoms with van der Waals surface area (Å²) in [5, 5.41) is 15.8. The molecule has 1 aliphatic rings. The monoisotopic (exact) mass is 292 g/mol. The number of hydrogen-bond acceptors (Lipinski definition) is 5. The van der Waals surface area contributed by atoms with E-state index in [4.69, 9.17) is 11.0 Å². The smallest absolute Gasteiger partial charge is 0.256 e. The van der Waals surface area contributed by atoms with E-state index in [1.165, 1.54) is 37.0 Å². The molecule has 0 aliphatic heterocycles. The Morgan fingerprint density at radius 3 is 2.55 bits per heavy atom. The van der Waals surface area contributed by atoms with Crippen LogP contribution in [0.15, 0.2) is 0 Å². The Morgan fingerprint density at radius 2 is 2.00 bits per heavy atom. The molecule has 0 atom stereocenters. The van der Waals surface area contributed by atoms with Gasteiger partial charge in [0.1, 0.15) is 15.9 Å². The van der Waals surface area contributed by atoms with Crippen LogP contribution in [0, 0.1) is 11.3 Å². The minimum atomic E-state index is -0.239. The molecule has 20 heavy (non-hydrogen) atoms. The normalized spacial score (nSPS) is 16.2. The summed E-state index contributed by atoms with van der Waals surface area (Å²) in [5.41, 5.74) is 6.61. The Kier molecular flexibility index (Phi) is 4.85. The third-order valence-electron chi connectivity index (χ3n) is 3.69. The van der Waals surface area contributed by atoms with Gasteiger partial charge in [-0.15, -0.1) is 11.3 Å². The molecule has 5 nitrogen and oxygen atoms in total. The fraction of sp³-hybridized carbons (Fsp3) is 0.571. The van der Waals surface area contributed by atoms with Gasteiger partial charge in [0.25, 0.3) is 5.91 Å². The van der Waals surface area contributed by atoms with Crippen molar-refractivity contribution >= 4 is 27.9 Å². The Balaban J connectivity index is 2.25. The van der Waals surface area contributed by atoms with Gasteiger partial charge >= 0.3 is 0 Å². The second-order valence-corrected chi connectivity index (χ2v) is 6.09. The summed E-state index contributed by atoms with van der Waals surface area (Å²) in [6.45, 7) is 0. The van der Waals surface area contributed by atoms with E-state index < -0.39 is 0 Å². The second kappa shape index (κ2) is 6.62. The SMILES string of the molecule is CNC(=O)c1c(NC2CCCCCC2)sc(C#N)c1N. The van der Waals surface area contributed by atoms with Crippen molar-refractivity contribution in [2.45, 2.75) is 44.6 Å². The molecule has 0 bridgehead atoms. The molecule has 0 radical (unpaired) electrons. The summed E-state index contributed by atoms with van der Waals surface area (Å²) in [4.78, 5) is 12.4. The lowest BCUT2D eigenvalue weighted by Crippen LogP contribution is -2.23. The predicted octanol–water partition coefficient (Wildman–Crippen LogP) is 2.70. The highest BCUT2D eigenvalue weighted by molar-refractivity contribution is 7.17. The van der Waals surface area contributed by atoms with E-state index >= 15 is 0 Å². The molecule has 6 heteroatoms. The summed E-state index contributed by atoms with van der Waals surface area (Å²) < 4.78 is 0. The first-order valence-electron chi connectivity index (χ1n) is 6.98. The van der Waals surface area contributed by atoms with Crippen molar-refractivity contribution in [2.75, 3.05) is 18.1 Å². The summed E-state index contributed by atoms with van der Waals surface area (Å²) in [6, 6.07) is 2.42. The van der Waals surface area contributed by atoms with Crippen molar-refractivity contribution in [3.8, 4) is 6.07 Å². The number of rotatable bonds is 3. The fourth-order valence-corrected chi connectivity index (χ4v) is 3.58. The van der Waals surface area contributed by atoms with E-state index in [1.54, 1.807) is 7.05 Å². The van der Waals surface area contributed by atoms with Crippen molar-refractivity contribution in [2.24, 2.45) is 0 Å². The van der Waals surface area contributed by atoms with Crippen LogP contribution in [-0.2, 0) is 0 Å². The molecule has 1 saturated carbocycles. The number of nitrogen functional groups attached to an aromatic ring is 1. The molecule has 2 rings (SSSR count). The minimum Gasteiger partial charge on any atom is -0.396 e. The first-order valence-corrected chi connectivity index (χ1v) is 7.80. The lowest BCUT2D eigenvalue weighted by Gasteiger charge is -2.17. The molecule has 1 amide bonds. The number of nitriles is 1. The highest BCUT2D eigenvalue weighted by atomic mass is 32.1. The molecule has 1 aliphatic carbocycles. The van der Waals surface area contributed by atoms with Crippen LogP contribution in [0.4, 0.5) is 10.7 Å². The quantitative estimate of drug-likeness (QED) is 0.747. The van der Waals surface area contributed by atoms with Crippen molar-refractivity contribution in [1.82, 2.24) is 5.32 Å². The lowest BCUT2D eigenvalue weighted by molar-refractivity contribution is 0.0965. The molecule has 1 fully saturated rings. The molecule has 0 saturated heterocycles. The van der Waals surface area contributed by atoms with Gasteiger partial charge in [0.15, 0.2) is 0 Å². The average molecular weight is 292 g/mol. The fourth-order valence-electron chi connectivity index (χ4n) is 2.59. The van der Waals surface area contributed by atoms with E-state index in [-0.39, 0.29) is 11.6 Å². The highest BCUT2D eigenvalue weighted by Crippen LogP contribution is 2.36. The van der Waals surface area contributed by atoms with Gasteiger partial charge in [0, 0.05) is 13.1 Å². The molecule has 0 aromatic carbocycles. The molecule has 1 aromatic heterocycles. The Labute approximate surface area is 123 Å². The molecular formula is C14H20N4OS. The van der Waals surface area contributed by atoms with Gasteiger partial charge in [-0.05, 0) is 12.8 Å². The highest BCUT2D eigenvalue weighted by Gasteiger charge is 2.23. The molecule has 4 N–H and O–H groups in total. The topological polar surface area (TPSA) is 90.9 Å². The zero-order chi connectivity index (χ0) is 14.5. The number of carbonyl (C=O) groups excluding carboxylic acids is 1. The van der Waals surface area contributed by atoms with Gasteiger partial charge in [-0.2, -0.15) is 5.26 Å². The molecular weight excluding hydrogens is 272 g/mol. The van der Waals surface area contributed by atoms with Crippen LogP contribution < -0.4 is 16.4 Å². The number of nitrogens with two attached hydrogens (primary N) is 1. The van der Waals surface area contributed by atoms with E-state index in [1.807, 2.05) is 0 Å². The van der Waals surface area contributed by atoms with Crippen LogP contribution in [0.25, 0.3) is 0 Å². The molecule has 0 spiro atoms. The predicted molar refractivity (Wildman–Crippen MR) is 81.9 cm³/mol. The summed E-state index contributed by atoms with van der Waals surface area (Å²) in [5.74, 6) is -0.239. The third kappa shape index (κ3) is 3.05. The molecule has 0 unspecified atom stereocenters. The summed E-state index contributed by atoms with van der Waals surface area (Å²) >= 11 is 1.27. The van der Waals surface area contributed by atoms with Crippen LogP contribution in [0.2, 0.25) is 0 Å². The first-order chi connectivity index (χ1) is 9.67. The van der Waals surface area contributed by atoms with Crippen LogP contribution in [0.1, 0.15) is 53.8 Å². The summed E-state index contributed by atoms with van der Waals surface area (Å²) in [7, 11) is 1.57. The third-order valence-corrected chi connectivity index (χ3v) is 4.73. The van der Waals surface area contributed by atoms with Crippen LogP contribution in [-0.4, -0.2) is 19.0 Å². The number of amides is 1. The Bertz CT molecular complexity index is 524. The van der Waals surface area contributed by atoms with E-state index in [0.717, 1.165) is 17.8 Å². The number of carbonyl (C=O) groups is 1. The van der Waals surface area contributed by atoms with Gasteiger partial charge < -0.3 is 16.4 Å². The number of anilines is 2. The van der Waals surface area contributed by atoms with Crippen LogP contribution >= 0.6 is 11.3 Å². The Hall–Kier alpha value is -1.74. The van der Waals surface area contributed by atoms with Gasteiger partial charge in [-0.25, -0.2) is 0 Å². The maximum Gasteiger partial charge on any atom is 0.256 e. The Morgan fingerprint density at radius 1 is 1.35 bits per heavy atom. The number of hydrogen-bond donors (Lipinski definition) is 3. The van der Waals surface area contributed by atoms with Crippen LogP contribution in [0.5, 0.6) is 0 Å². The maximum atomic E-state index is 12.0. The largest absolute Gasteiger partial charge is 0.396 e. The molecule has 1 aromatic rings. The second-order valence-electron chi connectivity index (χ2n) is 5.07. The van der Waals surface area contributed by atoms with Crippen molar-refractivity contribution in [1.29, 1.82) is 5.26 Å². The standard InChI is InChI=1S/C14H20N4OS/c1-17-13(19)11-12(16)10(8-15)20-14(11)18-9-6-4-2-3-5-7-9/h9,18H,2-7,16H2,1H3,(H,17,19). The van der Waals surface area contributed by atoms with Crippen molar-refractivity contribution < 1.29 is 4.79 Å². The van der Waals surface area contributed by atoms with E-state index in [9.17, 15) is 4.79 Å². The number of nitrogens with one attached hydrogen (secondary N) is 2. The minimum absolute atomic E-state index is 0.239. The van der Waals surface area contributed by atoms with Gasteiger partial charge in [-0.3, -0.25) is 4.79 Å². The number of thiophene rings is 1. The van der Waals surface area contributed by atoms with Gasteiger partial charge in [0.05, 0.1) is 11.3 Å². The van der Waals surface area contributed by atoms with E-state index in [0.29, 0.717) is 16.5 Å². The van der Waals surface area contributed by atoms with Gasteiger partial charge in [0.2, 0.25) is 0 Å². The lowest BCUT2D eigenvalue weighted by atomic mass is 10.1. The average Bonchev–Trinajstić information content (AvgIpc) is 2.63. The van der Waals surface area contributed by atoms with Crippen molar-refractivity contribution in [3.05, 3.63) is 10.4 Å². The molecule has 108 valence electrons. The zero-order valence-corrected chi connectivity index (χ0v) is 12.5. The zero-order valence-electron chi connectivity index (χ0n) is 11.7. The number of nitrogens with zero attached hydrogens (tertiary/aromatic N) is 1. The van der Waals surface area contributed by atoms with Gasteiger partial charge in [-0.1, -0.05) is 25.7 Å². The first kappa shape index (κ1) is 14.7. The summed E-state index contributed by atoms with van der Waals surface area (Å²) in [6.07, 6.45) is 7.17.